The van der Waals surface area contributed by atoms with Gasteiger partial charge in [-0.05, 0) is 29.8 Å². The molecule has 0 atom stereocenters. The molecule has 2 aromatic rings. The number of halogens is 1. The van der Waals surface area contributed by atoms with E-state index < -0.39 is 11.9 Å². The average Bonchev–Trinajstić information content (AvgIpc) is 2.36. The number of rotatable bonds is 3. The minimum atomic E-state index is -0.644. The quantitative estimate of drug-likeness (QED) is 0.893. The van der Waals surface area contributed by atoms with Crippen molar-refractivity contribution >= 4 is 6.09 Å². The van der Waals surface area contributed by atoms with Crippen LogP contribution in [0.4, 0.5) is 9.18 Å². The Kier molecular flexibility index (Phi) is 3.97. The first-order chi connectivity index (χ1) is 9.13. The van der Waals surface area contributed by atoms with Gasteiger partial charge in [0, 0.05) is 12.6 Å². The second-order valence-electron chi connectivity index (χ2n) is 3.87. The monoisotopic (exact) mass is 261 g/mol. The molecule has 2 rings (SSSR count). The highest BCUT2D eigenvalue weighted by Gasteiger charge is 2.05. The predicted molar refractivity (Wildman–Crippen MR) is 67.4 cm³/mol. The van der Waals surface area contributed by atoms with Gasteiger partial charge >= 0.3 is 6.09 Å². The van der Waals surface area contributed by atoms with E-state index in [0.717, 1.165) is 6.07 Å². The molecule has 0 aliphatic rings. The van der Waals surface area contributed by atoms with Gasteiger partial charge < -0.3 is 15.2 Å². The molecule has 0 bridgehead atoms. The third kappa shape index (κ3) is 3.99. The maximum absolute atomic E-state index is 13.0. The van der Waals surface area contributed by atoms with E-state index in [0.29, 0.717) is 11.3 Å². The number of phenolic OH excluding ortho intramolecular Hbond substituents is 1. The van der Waals surface area contributed by atoms with E-state index in [1.807, 2.05) is 0 Å². The summed E-state index contributed by atoms with van der Waals surface area (Å²) in [5, 5.41) is 11.7. The molecular weight excluding hydrogens is 249 g/mol. The van der Waals surface area contributed by atoms with Gasteiger partial charge in [-0.3, -0.25) is 0 Å². The number of para-hydroxylation sites is 1. The molecule has 2 aromatic carbocycles. The number of hydrogen-bond acceptors (Lipinski definition) is 3. The summed E-state index contributed by atoms with van der Waals surface area (Å²) in [6.45, 7) is 0.0665. The molecule has 0 saturated carbocycles. The van der Waals surface area contributed by atoms with Crippen molar-refractivity contribution in [3.05, 3.63) is 59.9 Å². The van der Waals surface area contributed by atoms with Crippen molar-refractivity contribution in [2.75, 3.05) is 0 Å². The minimum absolute atomic E-state index is 0.0665. The van der Waals surface area contributed by atoms with E-state index in [2.05, 4.69) is 5.32 Å². The van der Waals surface area contributed by atoms with Gasteiger partial charge in [0.25, 0.3) is 0 Å². The van der Waals surface area contributed by atoms with Crippen LogP contribution in [-0.4, -0.2) is 11.2 Å². The average molecular weight is 261 g/mol. The van der Waals surface area contributed by atoms with Crippen LogP contribution in [0, 0.1) is 5.82 Å². The van der Waals surface area contributed by atoms with Crippen molar-refractivity contribution in [2.24, 2.45) is 0 Å². The first kappa shape index (κ1) is 12.9. The molecule has 1 amide bonds. The lowest BCUT2D eigenvalue weighted by Crippen LogP contribution is -2.26. The van der Waals surface area contributed by atoms with E-state index >= 15 is 0 Å². The van der Waals surface area contributed by atoms with Crippen LogP contribution in [0.5, 0.6) is 11.5 Å². The van der Waals surface area contributed by atoms with Gasteiger partial charge in [0.2, 0.25) is 0 Å². The number of hydrogen-bond donors (Lipinski definition) is 2. The third-order valence-electron chi connectivity index (χ3n) is 2.33. The number of ether oxygens (including phenoxy) is 1. The molecule has 0 aromatic heterocycles. The van der Waals surface area contributed by atoms with Crippen LogP contribution in [0.1, 0.15) is 5.56 Å². The SMILES string of the molecule is O=C(NCc1cc(O)cc(F)c1)Oc1ccccc1. The van der Waals surface area contributed by atoms with Gasteiger partial charge in [0.1, 0.15) is 17.3 Å². The van der Waals surface area contributed by atoms with Gasteiger partial charge in [-0.25, -0.2) is 9.18 Å². The van der Waals surface area contributed by atoms with Crippen LogP contribution in [0.15, 0.2) is 48.5 Å². The Hall–Kier alpha value is -2.56. The lowest BCUT2D eigenvalue weighted by Gasteiger charge is -2.07. The molecule has 0 aliphatic carbocycles. The summed E-state index contributed by atoms with van der Waals surface area (Å²) in [7, 11) is 0. The molecule has 98 valence electrons. The Balaban J connectivity index is 1.90. The second kappa shape index (κ2) is 5.86. The zero-order chi connectivity index (χ0) is 13.7. The first-order valence-electron chi connectivity index (χ1n) is 5.62. The van der Waals surface area contributed by atoms with Gasteiger partial charge in [0.15, 0.2) is 0 Å². The van der Waals surface area contributed by atoms with Crippen molar-refractivity contribution in [1.82, 2.24) is 5.32 Å². The number of phenols is 1. The summed E-state index contributed by atoms with van der Waals surface area (Å²) >= 11 is 0. The Morgan fingerprint density at radius 3 is 2.63 bits per heavy atom. The zero-order valence-corrected chi connectivity index (χ0v) is 9.97. The number of carbonyl (C=O) groups is 1. The van der Waals surface area contributed by atoms with Crippen molar-refractivity contribution < 1.29 is 19.0 Å². The van der Waals surface area contributed by atoms with E-state index in [4.69, 9.17) is 4.74 Å². The molecule has 19 heavy (non-hydrogen) atoms. The number of nitrogens with one attached hydrogen (secondary N) is 1. The highest BCUT2D eigenvalue weighted by Crippen LogP contribution is 2.14. The van der Waals surface area contributed by atoms with Crippen LogP contribution in [0.2, 0.25) is 0 Å². The van der Waals surface area contributed by atoms with E-state index in [9.17, 15) is 14.3 Å². The van der Waals surface area contributed by atoms with Gasteiger partial charge in [-0.1, -0.05) is 18.2 Å². The molecular formula is C14H12FNO3. The molecule has 0 spiro atoms. The normalized spacial score (nSPS) is 9.95. The number of amides is 1. The van der Waals surface area contributed by atoms with E-state index in [1.165, 1.54) is 12.1 Å². The molecule has 0 saturated heterocycles. The lowest BCUT2D eigenvalue weighted by atomic mass is 10.2. The number of carbonyl (C=O) groups excluding carboxylic acids is 1. The van der Waals surface area contributed by atoms with Crippen LogP contribution < -0.4 is 10.1 Å². The first-order valence-corrected chi connectivity index (χ1v) is 5.62. The Morgan fingerprint density at radius 1 is 1.21 bits per heavy atom. The van der Waals surface area contributed by atoms with Crippen molar-refractivity contribution in [2.45, 2.75) is 6.54 Å². The van der Waals surface area contributed by atoms with E-state index in [1.54, 1.807) is 30.3 Å². The molecule has 2 N–H and O–H groups in total. The predicted octanol–water partition coefficient (Wildman–Crippen LogP) is 2.82. The fourth-order valence-corrected chi connectivity index (χ4v) is 1.54. The van der Waals surface area contributed by atoms with Crippen molar-refractivity contribution in [3.63, 3.8) is 0 Å². The summed E-state index contributed by atoms with van der Waals surface area (Å²) in [5.74, 6) is -0.330. The largest absolute Gasteiger partial charge is 0.508 e. The highest BCUT2D eigenvalue weighted by atomic mass is 19.1. The fraction of sp³-hybridized carbons (Fsp3) is 0.0714. The molecule has 0 aliphatic heterocycles. The summed E-state index contributed by atoms with van der Waals surface area (Å²) in [4.78, 5) is 11.5. The van der Waals surface area contributed by atoms with Crippen molar-refractivity contribution in [3.8, 4) is 11.5 Å². The van der Waals surface area contributed by atoms with Crippen LogP contribution in [-0.2, 0) is 6.54 Å². The Bertz CT molecular complexity index is 552. The Labute approximate surface area is 109 Å². The summed E-state index contributed by atoms with van der Waals surface area (Å²) < 4.78 is 18.0. The van der Waals surface area contributed by atoms with Crippen LogP contribution >= 0.6 is 0 Å². The zero-order valence-electron chi connectivity index (χ0n) is 9.97. The van der Waals surface area contributed by atoms with Crippen LogP contribution in [0.3, 0.4) is 0 Å². The topological polar surface area (TPSA) is 58.6 Å². The summed E-state index contributed by atoms with van der Waals surface area (Å²) in [5.41, 5.74) is 0.447. The van der Waals surface area contributed by atoms with Gasteiger partial charge in [0.05, 0.1) is 0 Å². The summed E-state index contributed by atoms with van der Waals surface area (Å²) in [6.07, 6.45) is -0.644. The number of benzene rings is 2. The van der Waals surface area contributed by atoms with Gasteiger partial charge in [-0.2, -0.15) is 0 Å². The Morgan fingerprint density at radius 2 is 1.95 bits per heavy atom. The molecule has 0 radical (unpaired) electrons. The maximum Gasteiger partial charge on any atom is 0.412 e. The fourth-order valence-electron chi connectivity index (χ4n) is 1.54. The molecule has 0 unspecified atom stereocenters. The number of aromatic hydroxyl groups is 1. The highest BCUT2D eigenvalue weighted by molar-refractivity contribution is 5.70. The smallest absolute Gasteiger partial charge is 0.412 e. The minimum Gasteiger partial charge on any atom is -0.508 e. The molecule has 4 nitrogen and oxygen atoms in total. The molecule has 0 fully saturated rings. The lowest BCUT2D eigenvalue weighted by molar-refractivity contribution is 0.200. The standard InChI is InChI=1S/C14H12FNO3/c15-11-6-10(7-12(17)8-11)9-16-14(18)19-13-4-2-1-3-5-13/h1-8,17H,9H2,(H,16,18). The van der Waals surface area contributed by atoms with Gasteiger partial charge in [-0.15, -0.1) is 0 Å². The molecule has 5 heteroatoms. The third-order valence-corrected chi connectivity index (χ3v) is 2.33. The maximum atomic E-state index is 13.0. The molecule has 0 heterocycles. The summed E-state index contributed by atoms with van der Waals surface area (Å²) in [6, 6.07) is 12.2. The van der Waals surface area contributed by atoms with E-state index in [-0.39, 0.29) is 12.3 Å². The van der Waals surface area contributed by atoms with Crippen molar-refractivity contribution in [1.29, 1.82) is 0 Å². The van der Waals surface area contributed by atoms with Crippen LogP contribution in [0.25, 0.3) is 0 Å². The second-order valence-corrected chi connectivity index (χ2v) is 3.87.